The average Bonchev–Trinajstić information content (AvgIpc) is 2.46. The van der Waals surface area contributed by atoms with Crippen LogP contribution in [0.15, 0.2) is 36.4 Å². The quantitative estimate of drug-likeness (QED) is 0.861. The summed E-state index contributed by atoms with van der Waals surface area (Å²) < 4.78 is 5.64. The summed E-state index contributed by atoms with van der Waals surface area (Å²) in [5.41, 5.74) is 3.04. The maximum absolute atomic E-state index is 9.32. The number of aromatic nitrogens is 1. The second-order valence-electron chi connectivity index (χ2n) is 4.29. The molecule has 4 heteroatoms. The molecule has 0 atom stereocenters. The van der Waals surface area contributed by atoms with Crippen molar-refractivity contribution in [2.45, 2.75) is 26.7 Å². The number of pyridine rings is 1. The third-order valence-corrected chi connectivity index (χ3v) is 2.92. The van der Waals surface area contributed by atoms with Crippen LogP contribution in [0.3, 0.4) is 0 Å². The summed E-state index contributed by atoms with van der Waals surface area (Å²) in [4.78, 5) is 4.29. The van der Waals surface area contributed by atoms with E-state index in [1.807, 2.05) is 37.3 Å². The van der Waals surface area contributed by atoms with Gasteiger partial charge in [-0.25, -0.2) is 4.98 Å². The SMILES string of the molecule is Cc1nc(OCc2ccccc2)c(CO)cc1CO. The first-order valence-electron chi connectivity index (χ1n) is 6.12. The molecule has 4 nitrogen and oxygen atoms in total. The topological polar surface area (TPSA) is 62.6 Å². The summed E-state index contributed by atoms with van der Waals surface area (Å²) in [5, 5.41) is 18.5. The third kappa shape index (κ3) is 3.30. The highest BCUT2D eigenvalue weighted by atomic mass is 16.5. The Morgan fingerprint density at radius 2 is 1.74 bits per heavy atom. The van der Waals surface area contributed by atoms with Gasteiger partial charge in [-0.2, -0.15) is 0 Å². The monoisotopic (exact) mass is 259 g/mol. The van der Waals surface area contributed by atoms with E-state index in [9.17, 15) is 10.2 Å². The van der Waals surface area contributed by atoms with Crippen molar-refractivity contribution in [3.63, 3.8) is 0 Å². The van der Waals surface area contributed by atoms with Crippen LogP contribution in [0.2, 0.25) is 0 Å². The number of aliphatic hydroxyl groups is 2. The van der Waals surface area contributed by atoms with Gasteiger partial charge in [0.2, 0.25) is 5.88 Å². The molecule has 1 aromatic heterocycles. The van der Waals surface area contributed by atoms with E-state index in [4.69, 9.17) is 4.74 Å². The Morgan fingerprint density at radius 3 is 2.37 bits per heavy atom. The molecule has 0 fully saturated rings. The summed E-state index contributed by atoms with van der Waals surface area (Å²) in [6, 6.07) is 11.5. The van der Waals surface area contributed by atoms with E-state index in [0.29, 0.717) is 29.3 Å². The van der Waals surface area contributed by atoms with Gasteiger partial charge in [-0.1, -0.05) is 30.3 Å². The zero-order valence-corrected chi connectivity index (χ0v) is 10.8. The van der Waals surface area contributed by atoms with Crippen molar-refractivity contribution in [1.82, 2.24) is 4.98 Å². The van der Waals surface area contributed by atoms with Gasteiger partial charge in [-0.05, 0) is 24.1 Å². The van der Waals surface area contributed by atoms with Crippen molar-refractivity contribution in [1.29, 1.82) is 0 Å². The minimum Gasteiger partial charge on any atom is -0.473 e. The molecule has 0 amide bonds. The van der Waals surface area contributed by atoms with Gasteiger partial charge in [-0.15, -0.1) is 0 Å². The second-order valence-corrected chi connectivity index (χ2v) is 4.29. The molecule has 0 radical (unpaired) electrons. The smallest absolute Gasteiger partial charge is 0.219 e. The van der Waals surface area contributed by atoms with Crippen molar-refractivity contribution in [2.75, 3.05) is 0 Å². The standard InChI is InChI=1S/C15H17NO3/c1-11-13(8-17)7-14(9-18)15(16-11)19-10-12-5-3-2-4-6-12/h2-7,17-18H,8-10H2,1H3. The number of benzene rings is 1. The molecule has 2 N–H and O–H groups in total. The molecule has 0 bridgehead atoms. The Hall–Kier alpha value is -1.91. The van der Waals surface area contributed by atoms with Gasteiger partial charge in [0.25, 0.3) is 0 Å². The second kappa shape index (κ2) is 6.31. The molecule has 1 heterocycles. The maximum atomic E-state index is 9.32. The van der Waals surface area contributed by atoms with Crippen LogP contribution >= 0.6 is 0 Å². The van der Waals surface area contributed by atoms with Crippen LogP contribution in [-0.2, 0) is 19.8 Å². The van der Waals surface area contributed by atoms with Gasteiger partial charge in [-0.3, -0.25) is 0 Å². The normalized spacial score (nSPS) is 10.5. The molecular weight excluding hydrogens is 242 g/mol. The number of hydrogen-bond donors (Lipinski definition) is 2. The zero-order valence-electron chi connectivity index (χ0n) is 10.8. The van der Waals surface area contributed by atoms with E-state index in [2.05, 4.69) is 4.98 Å². The van der Waals surface area contributed by atoms with Gasteiger partial charge >= 0.3 is 0 Å². The molecule has 2 aromatic rings. The van der Waals surface area contributed by atoms with Crippen LogP contribution < -0.4 is 4.74 Å². The minimum atomic E-state index is -0.162. The highest BCUT2D eigenvalue weighted by Gasteiger charge is 2.09. The van der Waals surface area contributed by atoms with Crippen molar-refractivity contribution in [3.8, 4) is 5.88 Å². The van der Waals surface area contributed by atoms with Crippen LogP contribution in [0.1, 0.15) is 22.4 Å². The van der Waals surface area contributed by atoms with E-state index < -0.39 is 0 Å². The fourth-order valence-electron chi connectivity index (χ4n) is 1.80. The number of nitrogens with zero attached hydrogens (tertiary/aromatic N) is 1. The summed E-state index contributed by atoms with van der Waals surface area (Å²) in [5.74, 6) is 0.418. The largest absolute Gasteiger partial charge is 0.473 e. The lowest BCUT2D eigenvalue weighted by Gasteiger charge is -2.12. The Kier molecular flexibility index (Phi) is 4.49. The van der Waals surface area contributed by atoms with E-state index in [1.54, 1.807) is 6.07 Å². The predicted octanol–water partition coefficient (Wildman–Crippen LogP) is 1.95. The van der Waals surface area contributed by atoms with Crippen LogP contribution in [0.4, 0.5) is 0 Å². The minimum absolute atomic E-state index is 0.0925. The summed E-state index contributed by atoms with van der Waals surface area (Å²) >= 11 is 0. The molecule has 100 valence electrons. The third-order valence-electron chi connectivity index (χ3n) is 2.92. The van der Waals surface area contributed by atoms with Crippen molar-refractivity contribution in [3.05, 3.63) is 58.8 Å². The Labute approximate surface area is 112 Å². The fourth-order valence-corrected chi connectivity index (χ4v) is 1.80. The van der Waals surface area contributed by atoms with Gasteiger partial charge in [0.15, 0.2) is 0 Å². The molecule has 0 spiro atoms. The summed E-state index contributed by atoms with van der Waals surface area (Å²) in [7, 11) is 0. The van der Waals surface area contributed by atoms with E-state index >= 15 is 0 Å². The van der Waals surface area contributed by atoms with Gasteiger partial charge in [0.1, 0.15) is 6.61 Å². The number of rotatable bonds is 5. The fraction of sp³-hybridized carbons (Fsp3) is 0.267. The zero-order chi connectivity index (χ0) is 13.7. The highest BCUT2D eigenvalue weighted by Crippen LogP contribution is 2.21. The Bertz CT molecular complexity index is 541. The first kappa shape index (κ1) is 13.5. The number of hydrogen-bond acceptors (Lipinski definition) is 4. The van der Waals surface area contributed by atoms with Crippen LogP contribution in [0.5, 0.6) is 5.88 Å². The average molecular weight is 259 g/mol. The number of aryl methyl sites for hydroxylation is 1. The first-order chi connectivity index (χ1) is 9.24. The molecule has 0 aliphatic heterocycles. The van der Waals surface area contributed by atoms with E-state index in [-0.39, 0.29) is 13.2 Å². The van der Waals surface area contributed by atoms with Crippen LogP contribution in [-0.4, -0.2) is 15.2 Å². The van der Waals surface area contributed by atoms with Gasteiger partial charge in [0.05, 0.1) is 13.2 Å². The molecule has 0 unspecified atom stereocenters. The lowest BCUT2D eigenvalue weighted by molar-refractivity contribution is 0.249. The Balaban J connectivity index is 2.18. The molecule has 19 heavy (non-hydrogen) atoms. The van der Waals surface area contributed by atoms with Crippen molar-refractivity contribution >= 4 is 0 Å². The maximum Gasteiger partial charge on any atom is 0.219 e. The summed E-state index contributed by atoms with van der Waals surface area (Å²) in [6.45, 7) is 1.95. The molecule has 0 saturated heterocycles. The van der Waals surface area contributed by atoms with E-state index in [0.717, 1.165) is 5.56 Å². The Morgan fingerprint density at radius 1 is 1.05 bits per heavy atom. The predicted molar refractivity (Wildman–Crippen MR) is 71.6 cm³/mol. The van der Waals surface area contributed by atoms with Crippen LogP contribution in [0.25, 0.3) is 0 Å². The van der Waals surface area contributed by atoms with Gasteiger partial charge < -0.3 is 14.9 Å². The van der Waals surface area contributed by atoms with Crippen molar-refractivity contribution in [2.24, 2.45) is 0 Å². The number of aliphatic hydroxyl groups excluding tert-OH is 2. The van der Waals surface area contributed by atoms with Crippen LogP contribution in [0, 0.1) is 6.92 Å². The van der Waals surface area contributed by atoms with E-state index in [1.165, 1.54) is 0 Å². The van der Waals surface area contributed by atoms with Gasteiger partial charge in [0, 0.05) is 11.3 Å². The van der Waals surface area contributed by atoms with Crippen molar-refractivity contribution < 1.29 is 14.9 Å². The molecular formula is C15H17NO3. The highest BCUT2D eigenvalue weighted by molar-refractivity contribution is 5.33. The molecule has 0 aliphatic carbocycles. The lowest BCUT2D eigenvalue weighted by atomic mass is 10.1. The molecule has 0 aliphatic rings. The number of ether oxygens (including phenoxy) is 1. The molecule has 1 aromatic carbocycles. The molecule has 0 saturated carbocycles. The molecule has 2 rings (SSSR count). The lowest BCUT2D eigenvalue weighted by Crippen LogP contribution is -2.04. The summed E-state index contributed by atoms with van der Waals surface area (Å²) in [6.07, 6.45) is 0. The first-order valence-corrected chi connectivity index (χ1v) is 6.12.